The van der Waals surface area contributed by atoms with Gasteiger partial charge in [0, 0.05) is 59.1 Å². The van der Waals surface area contributed by atoms with Crippen LogP contribution in [0.4, 0.5) is 0 Å². The maximum atomic E-state index is 10.7. The minimum absolute atomic E-state index is 0.0600. The Kier molecular flexibility index (Phi) is 18.2. The first-order valence-corrected chi connectivity index (χ1v) is 14.5. The maximum absolute atomic E-state index is 10.7. The standard InChI is InChI=1S/C27H54N2O10/c1-4-23(3)37-16-25(32)14-29-9-7-28(8-10-29)13-24(31)15-35-19-27(18-34-12-6-11-30,20-36-22-33-5-2)21-39-26-17-38-26/h23-26,30-32H,4-22H2,1-3H3/t23-,24?,25?,26+,27?/m0/s1. The normalized spacial score (nSPS) is 22.5. The summed E-state index contributed by atoms with van der Waals surface area (Å²) in [7, 11) is 0. The van der Waals surface area contributed by atoms with Gasteiger partial charge in [-0.3, -0.25) is 9.80 Å². The van der Waals surface area contributed by atoms with Crippen LogP contribution in [0, 0.1) is 5.41 Å². The second-order valence-corrected chi connectivity index (χ2v) is 10.6. The van der Waals surface area contributed by atoms with Crippen molar-refractivity contribution >= 4 is 0 Å². The minimum atomic E-state index is -0.642. The van der Waals surface area contributed by atoms with Gasteiger partial charge in [-0.2, -0.15) is 0 Å². The molecule has 232 valence electrons. The number of aliphatic hydroxyl groups is 3. The van der Waals surface area contributed by atoms with Gasteiger partial charge in [0.25, 0.3) is 0 Å². The second kappa shape index (κ2) is 20.4. The first-order valence-electron chi connectivity index (χ1n) is 14.5. The molecule has 0 radical (unpaired) electrons. The van der Waals surface area contributed by atoms with Crippen LogP contribution in [0.3, 0.4) is 0 Å². The van der Waals surface area contributed by atoms with Crippen molar-refractivity contribution in [3.63, 3.8) is 0 Å². The van der Waals surface area contributed by atoms with Gasteiger partial charge in [-0.25, -0.2) is 0 Å². The predicted octanol–water partition coefficient (Wildman–Crippen LogP) is -0.0736. The highest BCUT2D eigenvalue weighted by molar-refractivity contribution is 4.81. The summed E-state index contributed by atoms with van der Waals surface area (Å²) in [6.45, 7) is 13.9. The lowest BCUT2D eigenvalue weighted by Crippen LogP contribution is -2.51. The van der Waals surface area contributed by atoms with E-state index >= 15 is 0 Å². The number of aliphatic hydroxyl groups excluding tert-OH is 3. The lowest BCUT2D eigenvalue weighted by atomic mass is 9.92. The number of epoxide rings is 1. The Morgan fingerprint density at radius 1 is 0.872 bits per heavy atom. The van der Waals surface area contributed by atoms with E-state index in [1.54, 1.807) is 0 Å². The molecule has 0 amide bonds. The van der Waals surface area contributed by atoms with E-state index in [0.717, 1.165) is 32.6 Å². The fraction of sp³-hybridized carbons (Fsp3) is 1.00. The highest BCUT2D eigenvalue weighted by Crippen LogP contribution is 2.24. The van der Waals surface area contributed by atoms with Crippen molar-refractivity contribution in [1.82, 2.24) is 9.80 Å². The van der Waals surface area contributed by atoms with Gasteiger partial charge in [0.2, 0.25) is 0 Å². The molecule has 0 aromatic rings. The van der Waals surface area contributed by atoms with Gasteiger partial charge in [-0.15, -0.1) is 0 Å². The van der Waals surface area contributed by atoms with E-state index in [0.29, 0.717) is 65.8 Å². The molecule has 3 unspecified atom stereocenters. The first kappa shape index (κ1) is 34.7. The summed E-state index contributed by atoms with van der Waals surface area (Å²) in [4.78, 5) is 4.46. The van der Waals surface area contributed by atoms with E-state index in [4.69, 9.17) is 38.3 Å². The van der Waals surface area contributed by atoms with Gasteiger partial charge < -0.3 is 48.5 Å². The number of hydrogen-bond acceptors (Lipinski definition) is 12. The Labute approximate surface area is 234 Å². The smallest absolute Gasteiger partial charge is 0.181 e. The Hall–Kier alpha value is -0.480. The number of β-amino-alcohol motifs (C(OH)–C–C–N with tert-alkyl or cyclic N) is 2. The fourth-order valence-corrected chi connectivity index (χ4v) is 4.17. The summed E-state index contributed by atoms with van der Waals surface area (Å²) in [6, 6.07) is 0. The molecule has 3 N–H and O–H groups in total. The summed E-state index contributed by atoms with van der Waals surface area (Å²) < 4.78 is 39.5. The quantitative estimate of drug-likeness (QED) is 0.0775. The Balaban J connectivity index is 1.74. The van der Waals surface area contributed by atoms with Gasteiger partial charge in [-0.05, 0) is 26.7 Å². The highest BCUT2D eigenvalue weighted by Gasteiger charge is 2.36. The molecule has 0 aromatic heterocycles. The summed E-state index contributed by atoms with van der Waals surface area (Å²) in [5, 5.41) is 30.0. The molecule has 0 saturated carbocycles. The van der Waals surface area contributed by atoms with Crippen LogP contribution < -0.4 is 0 Å². The molecule has 12 heteroatoms. The molecular formula is C27H54N2O10. The van der Waals surface area contributed by atoms with Crippen molar-refractivity contribution in [3.8, 4) is 0 Å². The number of rotatable bonds is 25. The van der Waals surface area contributed by atoms with E-state index in [2.05, 4.69) is 16.7 Å². The number of piperazine rings is 1. The third kappa shape index (κ3) is 15.9. The van der Waals surface area contributed by atoms with E-state index in [1.807, 2.05) is 13.8 Å². The van der Waals surface area contributed by atoms with Gasteiger partial charge in [0.1, 0.15) is 13.4 Å². The Morgan fingerprint density at radius 2 is 1.49 bits per heavy atom. The van der Waals surface area contributed by atoms with Crippen molar-refractivity contribution in [2.45, 2.75) is 58.2 Å². The summed E-state index contributed by atoms with van der Waals surface area (Å²) in [5.41, 5.74) is -0.608. The van der Waals surface area contributed by atoms with Crippen molar-refractivity contribution in [1.29, 1.82) is 0 Å². The zero-order valence-corrected chi connectivity index (χ0v) is 24.3. The molecule has 0 spiro atoms. The van der Waals surface area contributed by atoms with Crippen molar-refractivity contribution in [2.24, 2.45) is 5.41 Å². The molecule has 5 atom stereocenters. The lowest BCUT2D eigenvalue weighted by Gasteiger charge is -2.36. The summed E-state index contributed by atoms with van der Waals surface area (Å²) >= 11 is 0. The van der Waals surface area contributed by atoms with E-state index in [9.17, 15) is 10.2 Å². The Morgan fingerprint density at radius 3 is 2.08 bits per heavy atom. The van der Waals surface area contributed by atoms with Crippen LogP contribution in [-0.4, -0.2) is 162 Å². The van der Waals surface area contributed by atoms with Crippen LogP contribution in [0.25, 0.3) is 0 Å². The van der Waals surface area contributed by atoms with Crippen LogP contribution >= 0.6 is 0 Å². The lowest BCUT2D eigenvalue weighted by molar-refractivity contribution is -0.149. The predicted molar refractivity (Wildman–Crippen MR) is 145 cm³/mol. The zero-order chi connectivity index (χ0) is 28.3. The van der Waals surface area contributed by atoms with Crippen LogP contribution in [-0.2, 0) is 33.2 Å². The van der Waals surface area contributed by atoms with Gasteiger partial charge in [0.15, 0.2) is 6.29 Å². The van der Waals surface area contributed by atoms with E-state index < -0.39 is 17.6 Å². The van der Waals surface area contributed by atoms with Crippen LogP contribution in [0.1, 0.15) is 33.6 Å². The van der Waals surface area contributed by atoms with Gasteiger partial charge in [-0.1, -0.05) is 6.92 Å². The molecule has 0 bridgehead atoms. The molecule has 0 aliphatic carbocycles. The van der Waals surface area contributed by atoms with Gasteiger partial charge >= 0.3 is 0 Å². The molecule has 0 aromatic carbocycles. The monoisotopic (exact) mass is 566 g/mol. The molecule has 2 saturated heterocycles. The van der Waals surface area contributed by atoms with Crippen molar-refractivity contribution < 1.29 is 48.5 Å². The molecule has 2 aliphatic rings. The molecule has 2 aliphatic heterocycles. The molecule has 39 heavy (non-hydrogen) atoms. The topological polar surface area (TPSA) is 135 Å². The van der Waals surface area contributed by atoms with E-state index in [-0.39, 0.29) is 39.0 Å². The first-order chi connectivity index (χ1) is 18.9. The average molecular weight is 567 g/mol. The zero-order valence-electron chi connectivity index (χ0n) is 24.3. The fourth-order valence-electron chi connectivity index (χ4n) is 4.17. The van der Waals surface area contributed by atoms with E-state index in [1.165, 1.54) is 0 Å². The SMILES string of the molecule is CCOCOCC(COCCCO)(COCC(O)CN1CCN(CC(O)CO[C@@H](C)CC)CC1)CO[C@@H]1CO1. The third-order valence-corrected chi connectivity index (χ3v) is 6.78. The largest absolute Gasteiger partial charge is 0.396 e. The molecule has 12 nitrogen and oxygen atoms in total. The second-order valence-electron chi connectivity index (χ2n) is 10.6. The average Bonchev–Trinajstić information content (AvgIpc) is 3.77. The van der Waals surface area contributed by atoms with Crippen LogP contribution in [0.5, 0.6) is 0 Å². The summed E-state index contributed by atoms with van der Waals surface area (Å²) in [5.74, 6) is 0. The van der Waals surface area contributed by atoms with Crippen molar-refractivity contribution in [3.05, 3.63) is 0 Å². The summed E-state index contributed by atoms with van der Waals surface area (Å²) in [6.07, 6.45) is 0.279. The third-order valence-electron chi connectivity index (χ3n) is 6.78. The number of hydrogen-bond donors (Lipinski definition) is 3. The number of nitrogens with zero attached hydrogens (tertiary/aromatic N) is 2. The van der Waals surface area contributed by atoms with Crippen LogP contribution in [0.2, 0.25) is 0 Å². The molecule has 2 fully saturated rings. The molecular weight excluding hydrogens is 512 g/mol. The highest BCUT2D eigenvalue weighted by atomic mass is 16.8. The van der Waals surface area contributed by atoms with Crippen LogP contribution in [0.15, 0.2) is 0 Å². The maximum Gasteiger partial charge on any atom is 0.181 e. The minimum Gasteiger partial charge on any atom is -0.396 e. The van der Waals surface area contributed by atoms with Gasteiger partial charge in [0.05, 0.1) is 63.4 Å². The molecule has 2 rings (SSSR count). The number of ether oxygens (including phenoxy) is 7. The molecule has 2 heterocycles. The Bertz CT molecular complexity index is 581. The van der Waals surface area contributed by atoms with Crippen molar-refractivity contribution in [2.75, 3.05) is 112 Å².